The lowest BCUT2D eigenvalue weighted by molar-refractivity contribution is -0.385. The Balaban J connectivity index is 1.53. The number of anilines is 1. The summed E-state index contributed by atoms with van der Waals surface area (Å²) in [5.41, 5.74) is 2.88. The Morgan fingerprint density at radius 1 is 1.26 bits per heavy atom. The molecule has 1 aromatic carbocycles. The van der Waals surface area contributed by atoms with Gasteiger partial charge >= 0.3 is 5.69 Å². The lowest BCUT2D eigenvalue weighted by atomic mass is 10.2. The number of carbonyl (C=O) groups excluding carboxylic acids is 2. The maximum absolute atomic E-state index is 12.6. The van der Waals surface area contributed by atoms with E-state index < -0.39 is 4.92 Å². The fourth-order valence-electron chi connectivity index (χ4n) is 3.26. The van der Waals surface area contributed by atoms with Gasteiger partial charge in [0, 0.05) is 30.9 Å². The molecule has 3 aromatic rings. The van der Waals surface area contributed by atoms with Crippen LogP contribution < -0.4 is 15.4 Å². The normalized spacial score (nSPS) is 10.7. The van der Waals surface area contributed by atoms with Crippen molar-refractivity contribution < 1.29 is 19.2 Å². The second-order valence-corrected chi connectivity index (χ2v) is 6.98. The summed E-state index contributed by atoms with van der Waals surface area (Å²) in [4.78, 5) is 39.7. The predicted molar refractivity (Wildman–Crippen MR) is 115 cm³/mol. The minimum atomic E-state index is -0.576. The molecule has 0 radical (unpaired) electrons. The van der Waals surface area contributed by atoms with Crippen LogP contribution in [0, 0.1) is 24.0 Å². The van der Waals surface area contributed by atoms with Crippen molar-refractivity contribution in [3.05, 3.63) is 63.6 Å². The van der Waals surface area contributed by atoms with Crippen LogP contribution in [-0.4, -0.2) is 39.8 Å². The molecule has 0 atom stereocenters. The summed E-state index contributed by atoms with van der Waals surface area (Å²) in [7, 11) is 1.34. The zero-order valence-corrected chi connectivity index (χ0v) is 17.5. The number of carbonyl (C=O) groups is 2. The van der Waals surface area contributed by atoms with E-state index in [4.69, 9.17) is 4.74 Å². The topological polar surface area (TPSA) is 128 Å². The number of ether oxygens (including phenoxy) is 1. The van der Waals surface area contributed by atoms with Crippen molar-refractivity contribution in [2.75, 3.05) is 19.0 Å². The number of fused-ring (bicyclic) bond motifs is 1. The first-order valence-corrected chi connectivity index (χ1v) is 9.66. The van der Waals surface area contributed by atoms with E-state index >= 15 is 0 Å². The lowest BCUT2D eigenvalue weighted by Crippen LogP contribution is -2.27. The van der Waals surface area contributed by atoms with Crippen molar-refractivity contribution in [3.63, 3.8) is 0 Å². The smallest absolute Gasteiger partial charge is 0.312 e. The van der Waals surface area contributed by atoms with Gasteiger partial charge in [0.25, 0.3) is 5.91 Å². The second-order valence-electron chi connectivity index (χ2n) is 6.98. The quantitative estimate of drug-likeness (QED) is 0.324. The number of benzene rings is 1. The molecule has 0 bridgehead atoms. The number of amides is 2. The molecule has 3 rings (SSSR count). The standard InChI is InChI=1S/C21H23N5O5/c1-13-6-5-11-25-19(14(2)23-20(13)25)21(28)22-10-4-7-18(27)24-15-8-9-17(31-3)16(12-15)26(29)30/h5-6,8-9,11-12H,4,7,10H2,1-3H3,(H,22,28)(H,24,27). The van der Waals surface area contributed by atoms with E-state index in [1.165, 1.54) is 25.3 Å². The Labute approximate surface area is 178 Å². The van der Waals surface area contributed by atoms with Crippen LogP contribution in [0.1, 0.15) is 34.6 Å². The summed E-state index contributed by atoms with van der Waals surface area (Å²) in [6, 6.07) is 7.98. The van der Waals surface area contributed by atoms with Gasteiger partial charge in [-0.25, -0.2) is 4.98 Å². The van der Waals surface area contributed by atoms with Crippen LogP contribution in [0.2, 0.25) is 0 Å². The van der Waals surface area contributed by atoms with E-state index in [1.54, 1.807) is 17.5 Å². The number of nitrogens with zero attached hydrogens (tertiary/aromatic N) is 3. The van der Waals surface area contributed by atoms with Gasteiger partial charge in [-0.05, 0) is 44.0 Å². The minimum Gasteiger partial charge on any atom is -0.490 e. The Bertz CT molecular complexity index is 1150. The first-order valence-electron chi connectivity index (χ1n) is 9.66. The molecule has 162 valence electrons. The zero-order valence-electron chi connectivity index (χ0n) is 17.5. The van der Waals surface area contributed by atoms with Crippen molar-refractivity contribution in [1.29, 1.82) is 0 Å². The molecule has 2 N–H and O–H groups in total. The maximum Gasteiger partial charge on any atom is 0.312 e. The number of nitro benzene ring substituents is 1. The average Bonchev–Trinajstić information content (AvgIpc) is 3.08. The number of imidazole rings is 1. The molecule has 0 aliphatic rings. The van der Waals surface area contributed by atoms with Crippen LogP contribution >= 0.6 is 0 Å². The highest BCUT2D eigenvalue weighted by Gasteiger charge is 2.18. The van der Waals surface area contributed by atoms with E-state index in [9.17, 15) is 19.7 Å². The number of nitro groups is 1. The molecule has 0 saturated carbocycles. The first-order chi connectivity index (χ1) is 14.8. The van der Waals surface area contributed by atoms with Gasteiger partial charge in [0.2, 0.25) is 5.91 Å². The molecule has 31 heavy (non-hydrogen) atoms. The van der Waals surface area contributed by atoms with Gasteiger partial charge in [-0.15, -0.1) is 0 Å². The summed E-state index contributed by atoms with van der Waals surface area (Å²) in [6.45, 7) is 4.01. The fraction of sp³-hybridized carbons (Fsp3) is 0.286. The number of methoxy groups -OCH3 is 1. The van der Waals surface area contributed by atoms with Crippen LogP contribution in [0.5, 0.6) is 5.75 Å². The van der Waals surface area contributed by atoms with Gasteiger partial charge < -0.3 is 15.4 Å². The van der Waals surface area contributed by atoms with E-state index in [0.717, 1.165) is 11.2 Å². The van der Waals surface area contributed by atoms with Gasteiger partial charge in [-0.3, -0.25) is 24.1 Å². The Morgan fingerprint density at radius 2 is 2.03 bits per heavy atom. The van der Waals surface area contributed by atoms with E-state index in [-0.39, 0.29) is 29.7 Å². The number of rotatable bonds is 8. The summed E-state index contributed by atoms with van der Waals surface area (Å²) in [6.07, 6.45) is 2.34. The summed E-state index contributed by atoms with van der Waals surface area (Å²) < 4.78 is 6.69. The molecule has 2 aromatic heterocycles. The summed E-state index contributed by atoms with van der Waals surface area (Å²) in [5.74, 6) is -0.458. The number of pyridine rings is 1. The SMILES string of the molecule is COc1ccc(NC(=O)CCCNC(=O)c2c(C)nc3c(C)cccn23)cc1[N+](=O)[O-]. The predicted octanol–water partition coefficient (Wildman–Crippen LogP) is 3.02. The van der Waals surface area contributed by atoms with Gasteiger partial charge in [0.15, 0.2) is 5.75 Å². The van der Waals surface area contributed by atoms with E-state index in [2.05, 4.69) is 15.6 Å². The Kier molecular flexibility index (Phi) is 6.49. The zero-order chi connectivity index (χ0) is 22.5. The molecular weight excluding hydrogens is 402 g/mol. The maximum atomic E-state index is 12.6. The van der Waals surface area contributed by atoms with Crippen LogP contribution in [0.4, 0.5) is 11.4 Å². The largest absolute Gasteiger partial charge is 0.490 e. The van der Waals surface area contributed by atoms with Gasteiger partial charge in [0.1, 0.15) is 11.3 Å². The van der Waals surface area contributed by atoms with Gasteiger partial charge in [-0.1, -0.05) is 6.07 Å². The molecule has 2 amide bonds. The molecule has 10 heteroatoms. The van der Waals surface area contributed by atoms with Crippen molar-refractivity contribution >= 4 is 28.8 Å². The molecule has 0 aliphatic heterocycles. The molecule has 0 aliphatic carbocycles. The van der Waals surface area contributed by atoms with Crippen LogP contribution in [0.15, 0.2) is 36.5 Å². The monoisotopic (exact) mass is 425 g/mol. The number of aryl methyl sites for hydroxylation is 2. The molecule has 0 fully saturated rings. The summed E-state index contributed by atoms with van der Waals surface area (Å²) in [5, 5.41) is 16.5. The highest BCUT2D eigenvalue weighted by molar-refractivity contribution is 5.95. The highest BCUT2D eigenvalue weighted by atomic mass is 16.6. The molecule has 0 unspecified atom stereocenters. The fourth-order valence-corrected chi connectivity index (χ4v) is 3.26. The third kappa shape index (κ3) is 4.80. The third-order valence-electron chi connectivity index (χ3n) is 4.76. The van der Waals surface area contributed by atoms with Crippen molar-refractivity contribution in [1.82, 2.24) is 14.7 Å². The van der Waals surface area contributed by atoms with Crippen LogP contribution in [-0.2, 0) is 4.79 Å². The molecule has 0 spiro atoms. The van der Waals surface area contributed by atoms with Crippen molar-refractivity contribution in [2.45, 2.75) is 26.7 Å². The van der Waals surface area contributed by atoms with Gasteiger partial charge in [0.05, 0.1) is 17.7 Å². The minimum absolute atomic E-state index is 0.114. The molecule has 2 heterocycles. The molecular formula is C21H23N5O5. The van der Waals surface area contributed by atoms with Crippen molar-refractivity contribution in [2.24, 2.45) is 0 Å². The van der Waals surface area contributed by atoms with Gasteiger partial charge in [-0.2, -0.15) is 0 Å². The molecule has 0 saturated heterocycles. The number of aromatic nitrogens is 2. The lowest BCUT2D eigenvalue weighted by Gasteiger charge is -2.08. The highest BCUT2D eigenvalue weighted by Crippen LogP contribution is 2.29. The number of hydrogen-bond donors (Lipinski definition) is 2. The first kappa shape index (κ1) is 21.8. The second kappa shape index (κ2) is 9.24. The average molecular weight is 425 g/mol. The molecule has 10 nitrogen and oxygen atoms in total. The van der Waals surface area contributed by atoms with E-state index in [1.807, 2.05) is 19.1 Å². The number of hydrogen-bond acceptors (Lipinski definition) is 6. The van der Waals surface area contributed by atoms with Crippen LogP contribution in [0.3, 0.4) is 0 Å². The van der Waals surface area contributed by atoms with Crippen molar-refractivity contribution in [3.8, 4) is 5.75 Å². The van der Waals surface area contributed by atoms with E-state index in [0.29, 0.717) is 30.0 Å². The van der Waals surface area contributed by atoms with Crippen LogP contribution in [0.25, 0.3) is 5.65 Å². The Morgan fingerprint density at radius 3 is 2.74 bits per heavy atom. The Hall–Kier alpha value is -3.95. The number of nitrogens with one attached hydrogen (secondary N) is 2. The summed E-state index contributed by atoms with van der Waals surface area (Å²) >= 11 is 0. The third-order valence-corrected chi connectivity index (χ3v) is 4.76.